The molecule has 1 heterocycles. The highest BCUT2D eigenvalue weighted by molar-refractivity contribution is 8.00. The average Bonchev–Trinajstić information content (AvgIpc) is 2.84. The molecule has 0 radical (unpaired) electrons. The van der Waals surface area contributed by atoms with Crippen LogP contribution in [0, 0.1) is 0 Å². The van der Waals surface area contributed by atoms with E-state index in [1.54, 1.807) is 28.8 Å². The molecule has 1 aromatic heterocycles. The fourth-order valence-electron chi connectivity index (χ4n) is 4.44. The van der Waals surface area contributed by atoms with Gasteiger partial charge < -0.3 is 5.32 Å². The minimum absolute atomic E-state index is 0.000172. The van der Waals surface area contributed by atoms with Crippen LogP contribution in [0.3, 0.4) is 0 Å². The van der Waals surface area contributed by atoms with Crippen molar-refractivity contribution in [3.63, 3.8) is 0 Å². The van der Waals surface area contributed by atoms with Crippen LogP contribution >= 0.6 is 23.4 Å². The molecular weight excluding hydrogens is 466 g/mol. The zero-order valence-electron chi connectivity index (χ0n) is 18.7. The molecule has 0 aliphatic heterocycles. The van der Waals surface area contributed by atoms with Gasteiger partial charge in [0.1, 0.15) is 0 Å². The number of aromatic nitrogens is 2. The lowest BCUT2D eigenvalue weighted by atomic mass is 9.88. The van der Waals surface area contributed by atoms with Crippen LogP contribution in [-0.2, 0) is 11.2 Å². The van der Waals surface area contributed by atoms with Crippen LogP contribution in [0.4, 0.5) is 0 Å². The number of halogens is 1. The quantitative estimate of drug-likeness (QED) is 0.288. The molecule has 1 N–H and O–H groups in total. The number of benzene rings is 3. The zero-order chi connectivity index (χ0) is 23.7. The topological polar surface area (TPSA) is 64.0 Å². The summed E-state index contributed by atoms with van der Waals surface area (Å²) < 4.78 is 1.54. The van der Waals surface area contributed by atoms with Crippen LogP contribution in [0.15, 0.2) is 82.7 Å². The highest BCUT2D eigenvalue weighted by atomic mass is 35.5. The first-order valence-electron chi connectivity index (χ1n) is 11.3. The van der Waals surface area contributed by atoms with Gasteiger partial charge in [0.2, 0.25) is 5.91 Å². The van der Waals surface area contributed by atoms with Crippen molar-refractivity contribution < 1.29 is 4.79 Å². The third-order valence-electron chi connectivity index (χ3n) is 6.15. The molecule has 5 rings (SSSR count). The van der Waals surface area contributed by atoms with Crippen molar-refractivity contribution in [3.8, 4) is 5.69 Å². The van der Waals surface area contributed by atoms with Crippen molar-refractivity contribution >= 4 is 40.2 Å². The summed E-state index contributed by atoms with van der Waals surface area (Å²) in [5.74, 6) is -0.0771. The Bertz CT molecular complexity index is 1440. The summed E-state index contributed by atoms with van der Waals surface area (Å²) in [5, 5.41) is 4.26. The summed E-state index contributed by atoms with van der Waals surface area (Å²) in [6.07, 6.45) is 3.01. The minimum Gasteiger partial charge on any atom is -0.348 e. The molecule has 3 aromatic carbocycles. The number of para-hydroxylation sites is 1. The average molecular weight is 490 g/mol. The number of nitrogens with zero attached hydrogens (tertiary/aromatic N) is 2. The Kier molecular flexibility index (Phi) is 6.44. The molecule has 1 aliphatic carbocycles. The second-order valence-electron chi connectivity index (χ2n) is 8.44. The molecule has 0 bridgehead atoms. The van der Waals surface area contributed by atoms with Crippen LogP contribution < -0.4 is 10.9 Å². The number of carbonyl (C=O) groups is 1. The van der Waals surface area contributed by atoms with Gasteiger partial charge >= 0.3 is 0 Å². The largest absolute Gasteiger partial charge is 0.348 e. The van der Waals surface area contributed by atoms with E-state index < -0.39 is 5.25 Å². The number of carbonyl (C=O) groups excluding carboxylic acids is 1. The third kappa shape index (κ3) is 4.48. The van der Waals surface area contributed by atoms with Crippen LogP contribution in [-0.4, -0.2) is 20.7 Å². The number of hydrogen-bond donors (Lipinski definition) is 1. The van der Waals surface area contributed by atoms with E-state index in [-0.39, 0.29) is 17.5 Å². The highest BCUT2D eigenvalue weighted by Crippen LogP contribution is 2.31. The van der Waals surface area contributed by atoms with E-state index in [2.05, 4.69) is 17.4 Å². The number of hydrogen-bond acceptors (Lipinski definition) is 4. The molecule has 34 heavy (non-hydrogen) atoms. The molecule has 1 amide bonds. The van der Waals surface area contributed by atoms with Gasteiger partial charge in [0, 0.05) is 5.02 Å². The molecule has 4 aromatic rings. The fourth-order valence-corrected chi connectivity index (χ4v) is 5.56. The first-order chi connectivity index (χ1) is 16.5. The van der Waals surface area contributed by atoms with Crippen molar-refractivity contribution in [1.29, 1.82) is 0 Å². The Morgan fingerprint density at radius 2 is 1.91 bits per heavy atom. The van der Waals surface area contributed by atoms with Gasteiger partial charge in [-0.1, -0.05) is 65.8 Å². The number of fused-ring (bicyclic) bond motifs is 2. The summed E-state index contributed by atoms with van der Waals surface area (Å²) in [6.45, 7) is 1.85. The number of amides is 1. The highest BCUT2D eigenvalue weighted by Gasteiger charge is 2.25. The Morgan fingerprint density at radius 3 is 2.76 bits per heavy atom. The van der Waals surface area contributed by atoms with Crippen molar-refractivity contribution in [2.75, 3.05) is 0 Å². The van der Waals surface area contributed by atoms with E-state index in [0.29, 0.717) is 26.8 Å². The van der Waals surface area contributed by atoms with Crippen LogP contribution in [0.2, 0.25) is 5.02 Å². The van der Waals surface area contributed by atoms with Gasteiger partial charge in [-0.2, -0.15) is 0 Å². The Balaban J connectivity index is 1.47. The molecule has 1 aliphatic rings. The first-order valence-corrected chi connectivity index (χ1v) is 12.6. The summed E-state index contributed by atoms with van der Waals surface area (Å²) in [5.41, 5.74) is 3.52. The monoisotopic (exact) mass is 489 g/mol. The SMILES string of the molecule is C[C@H](Sc1nc2ccccc2c(=O)n1-c1cccc(Cl)c1)C(=O)N[C@H]1CCCc2ccccc21. The van der Waals surface area contributed by atoms with Gasteiger partial charge in [0.25, 0.3) is 5.56 Å². The maximum Gasteiger partial charge on any atom is 0.266 e. The van der Waals surface area contributed by atoms with Crippen LogP contribution in [0.5, 0.6) is 0 Å². The van der Waals surface area contributed by atoms with E-state index >= 15 is 0 Å². The van der Waals surface area contributed by atoms with E-state index in [1.165, 1.54) is 22.9 Å². The zero-order valence-corrected chi connectivity index (χ0v) is 20.3. The summed E-state index contributed by atoms with van der Waals surface area (Å²) in [6, 6.07) is 22.6. The van der Waals surface area contributed by atoms with Gasteiger partial charge in [-0.25, -0.2) is 4.98 Å². The Morgan fingerprint density at radius 1 is 1.12 bits per heavy atom. The predicted molar refractivity (Wildman–Crippen MR) is 138 cm³/mol. The van der Waals surface area contributed by atoms with Crippen molar-refractivity contribution in [2.24, 2.45) is 0 Å². The lowest BCUT2D eigenvalue weighted by molar-refractivity contribution is -0.121. The maximum atomic E-state index is 13.4. The van der Waals surface area contributed by atoms with E-state index in [4.69, 9.17) is 16.6 Å². The van der Waals surface area contributed by atoms with Gasteiger partial charge in [0.05, 0.1) is 27.9 Å². The van der Waals surface area contributed by atoms with Gasteiger partial charge in [-0.3, -0.25) is 14.2 Å². The van der Waals surface area contributed by atoms with E-state index in [1.807, 2.05) is 43.3 Å². The Labute approximate surface area is 207 Å². The van der Waals surface area contributed by atoms with Crippen LogP contribution in [0.25, 0.3) is 16.6 Å². The smallest absolute Gasteiger partial charge is 0.266 e. The molecule has 0 spiro atoms. The lowest BCUT2D eigenvalue weighted by Gasteiger charge is -2.27. The van der Waals surface area contributed by atoms with Gasteiger partial charge in [0.15, 0.2) is 5.16 Å². The van der Waals surface area contributed by atoms with Gasteiger partial charge in [-0.05, 0) is 67.6 Å². The second kappa shape index (κ2) is 9.65. The van der Waals surface area contributed by atoms with Gasteiger partial charge in [-0.15, -0.1) is 0 Å². The minimum atomic E-state index is -0.451. The molecule has 5 nitrogen and oxygen atoms in total. The number of thioether (sulfide) groups is 1. The number of nitrogens with one attached hydrogen (secondary N) is 1. The molecule has 0 fully saturated rings. The van der Waals surface area contributed by atoms with Crippen molar-refractivity contribution in [3.05, 3.63) is 99.3 Å². The molecule has 0 unspecified atom stereocenters. The third-order valence-corrected chi connectivity index (χ3v) is 7.44. The predicted octanol–water partition coefficient (Wildman–Crippen LogP) is 5.71. The summed E-state index contributed by atoms with van der Waals surface area (Å²) >= 11 is 7.49. The molecule has 0 saturated heterocycles. The number of aryl methyl sites for hydroxylation is 1. The summed E-state index contributed by atoms with van der Waals surface area (Å²) in [4.78, 5) is 31.4. The molecular formula is C27H24ClN3O2S. The molecule has 2 atom stereocenters. The molecule has 0 saturated carbocycles. The lowest BCUT2D eigenvalue weighted by Crippen LogP contribution is -2.36. The van der Waals surface area contributed by atoms with Crippen molar-refractivity contribution in [1.82, 2.24) is 14.9 Å². The molecule has 172 valence electrons. The van der Waals surface area contributed by atoms with E-state index in [9.17, 15) is 9.59 Å². The van der Waals surface area contributed by atoms with E-state index in [0.717, 1.165) is 19.3 Å². The number of rotatable bonds is 5. The standard InChI is InChI=1S/C27H24ClN3O2S/c1-17(25(32)29-23-15-6-9-18-8-2-3-12-21(18)23)34-27-30-24-14-5-4-13-22(24)26(33)31(27)20-11-7-10-19(28)16-20/h2-5,7-8,10-14,16-17,23H,6,9,15H2,1H3,(H,29,32)/t17-,23-/m0/s1. The second-order valence-corrected chi connectivity index (χ2v) is 10.2. The maximum absolute atomic E-state index is 13.4. The normalized spacial score (nSPS) is 16.1. The fraction of sp³-hybridized carbons (Fsp3) is 0.222. The summed E-state index contributed by atoms with van der Waals surface area (Å²) in [7, 11) is 0. The Hall–Kier alpha value is -3.09. The first kappa shape index (κ1) is 22.7. The molecule has 7 heteroatoms. The van der Waals surface area contributed by atoms with Crippen molar-refractivity contribution in [2.45, 2.75) is 42.6 Å². The van der Waals surface area contributed by atoms with Crippen LogP contribution in [0.1, 0.15) is 36.9 Å².